The number of rotatable bonds is 4. The Morgan fingerprint density at radius 3 is 2.03 bits per heavy atom. The monoisotopic (exact) mass is 389 g/mol. The van der Waals surface area contributed by atoms with E-state index in [0.717, 1.165) is 29.3 Å². The van der Waals surface area contributed by atoms with Gasteiger partial charge in [0.15, 0.2) is 5.82 Å². The van der Waals surface area contributed by atoms with E-state index in [1.54, 1.807) is 0 Å². The predicted octanol–water partition coefficient (Wildman–Crippen LogP) is 6.88. The first kappa shape index (κ1) is 21.3. The van der Waals surface area contributed by atoms with Crippen LogP contribution in [-0.2, 0) is 5.41 Å². The second-order valence-corrected chi connectivity index (χ2v) is 10.4. The average molecular weight is 390 g/mol. The largest absolute Gasteiger partial charge is 0.278 e. The van der Waals surface area contributed by atoms with Gasteiger partial charge in [0, 0.05) is 11.0 Å². The minimum Gasteiger partial charge on any atom is -0.278 e. The molecule has 0 saturated carbocycles. The van der Waals surface area contributed by atoms with E-state index in [9.17, 15) is 0 Å². The molecule has 0 aliphatic rings. The Kier molecular flexibility index (Phi) is 5.46. The summed E-state index contributed by atoms with van der Waals surface area (Å²) < 4.78 is 2.28. The highest BCUT2D eigenvalue weighted by atomic mass is 15.3. The summed E-state index contributed by atoms with van der Waals surface area (Å²) in [6.07, 6.45) is 1.02. The molecular formula is C26H35N3. The van der Waals surface area contributed by atoms with Crippen molar-refractivity contribution in [2.45, 2.75) is 74.1 Å². The highest BCUT2D eigenvalue weighted by molar-refractivity contribution is 5.62. The van der Waals surface area contributed by atoms with Crippen LogP contribution in [-0.4, -0.2) is 14.8 Å². The standard InChI is InChI=1S/C26H35N3/c1-17-10-13-22(20(4)14-17)29-23(21-12-11-18(2)19(3)15-21)27-28-24(29)26(8,9)16-25(5,6)7/h10-15H,16H2,1-9H3. The fourth-order valence-electron chi connectivity index (χ4n) is 4.48. The molecule has 0 radical (unpaired) electrons. The van der Waals surface area contributed by atoms with Gasteiger partial charge < -0.3 is 0 Å². The second-order valence-electron chi connectivity index (χ2n) is 10.4. The summed E-state index contributed by atoms with van der Waals surface area (Å²) in [5.41, 5.74) is 7.42. The van der Waals surface area contributed by atoms with Crippen molar-refractivity contribution in [1.82, 2.24) is 14.8 Å². The van der Waals surface area contributed by atoms with Gasteiger partial charge in [-0.2, -0.15) is 0 Å². The zero-order valence-corrected chi connectivity index (χ0v) is 19.5. The van der Waals surface area contributed by atoms with Gasteiger partial charge in [-0.05, 0) is 68.4 Å². The molecule has 3 rings (SSSR count). The van der Waals surface area contributed by atoms with Crippen LogP contribution in [0.4, 0.5) is 0 Å². The van der Waals surface area contributed by atoms with Crippen LogP contribution < -0.4 is 0 Å². The highest BCUT2D eigenvalue weighted by Crippen LogP contribution is 2.38. The van der Waals surface area contributed by atoms with Gasteiger partial charge in [-0.25, -0.2) is 0 Å². The van der Waals surface area contributed by atoms with Gasteiger partial charge in [-0.3, -0.25) is 4.57 Å². The Morgan fingerprint density at radius 1 is 0.759 bits per heavy atom. The number of hydrogen-bond donors (Lipinski definition) is 0. The van der Waals surface area contributed by atoms with E-state index in [1.807, 2.05) is 0 Å². The molecule has 0 unspecified atom stereocenters. The summed E-state index contributed by atoms with van der Waals surface area (Å²) in [7, 11) is 0. The van der Waals surface area contributed by atoms with E-state index >= 15 is 0 Å². The Hall–Kier alpha value is -2.42. The molecule has 154 valence electrons. The molecule has 3 heteroatoms. The maximum absolute atomic E-state index is 4.75. The summed E-state index contributed by atoms with van der Waals surface area (Å²) in [6, 6.07) is 13.2. The average Bonchev–Trinajstić information content (AvgIpc) is 3.01. The number of nitrogens with zero attached hydrogens (tertiary/aromatic N) is 3. The molecule has 29 heavy (non-hydrogen) atoms. The lowest BCUT2D eigenvalue weighted by Gasteiger charge is -2.32. The van der Waals surface area contributed by atoms with Gasteiger partial charge in [-0.15, -0.1) is 10.2 Å². The first-order valence-electron chi connectivity index (χ1n) is 10.5. The van der Waals surface area contributed by atoms with Gasteiger partial charge in [0.25, 0.3) is 0 Å². The lowest BCUT2D eigenvalue weighted by Crippen LogP contribution is -2.28. The smallest absolute Gasteiger partial charge is 0.168 e. The first-order chi connectivity index (χ1) is 13.4. The minimum absolute atomic E-state index is 0.111. The molecule has 0 amide bonds. The zero-order chi connectivity index (χ0) is 21.6. The van der Waals surface area contributed by atoms with Crippen LogP contribution in [0.15, 0.2) is 36.4 Å². The Labute approximate surface area is 176 Å². The molecular weight excluding hydrogens is 354 g/mol. The van der Waals surface area contributed by atoms with E-state index in [0.29, 0.717) is 0 Å². The summed E-state index contributed by atoms with van der Waals surface area (Å²) in [6.45, 7) is 20.0. The van der Waals surface area contributed by atoms with Gasteiger partial charge in [0.2, 0.25) is 0 Å². The van der Waals surface area contributed by atoms with Crippen LogP contribution in [0, 0.1) is 33.1 Å². The maximum Gasteiger partial charge on any atom is 0.168 e. The lowest BCUT2D eigenvalue weighted by atomic mass is 9.75. The van der Waals surface area contributed by atoms with E-state index in [2.05, 4.69) is 103 Å². The van der Waals surface area contributed by atoms with E-state index in [-0.39, 0.29) is 10.8 Å². The van der Waals surface area contributed by atoms with Crippen molar-refractivity contribution in [2.75, 3.05) is 0 Å². The molecule has 2 aromatic carbocycles. The van der Waals surface area contributed by atoms with Crippen LogP contribution in [0.2, 0.25) is 0 Å². The van der Waals surface area contributed by atoms with E-state index in [1.165, 1.54) is 22.3 Å². The lowest BCUT2D eigenvalue weighted by molar-refractivity contribution is 0.272. The minimum atomic E-state index is -0.111. The van der Waals surface area contributed by atoms with Gasteiger partial charge in [0.1, 0.15) is 5.82 Å². The van der Waals surface area contributed by atoms with Crippen molar-refractivity contribution in [3.05, 3.63) is 64.5 Å². The molecule has 0 saturated heterocycles. The molecule has 1 aromatic heterocycles. The van der Waals surface area contributed by atoms with Gasteiger partial charge in [0.05, 0.1) is 5.69 Å². The van der Waals surface area contributed by atoms with Crippen molar-refractivity contribution >= 4 is 0 Å². The topological polar surface area (TPSA) is 30.7 Å². The molecule has 3 nitrogen and oxygen atoms in total. The van der Waals surface area contributed by atoms with Crippen LogP contribution in [0.1, 0.15) is 69.1 Å². The molecule has 0 aliphatic heterocycles. The maximum atomic E-state index is 4.75. The molecule has 0 N–H and O–H groups in total. The molecule has 1 heterocycles. The third-order valence-electron chi connectivity index (χ3n) is 5.60. The van der Waals surface area contributed by atoms with Gasteiger partial charge in [-0.1, -0.05) is 64.4 Å². The van der Waals surface area contributed by atoms with Crippen molar-refractivity contribution in [3.63, 3.8) is 0 Å². The Bertz CT molecular complexity index is 1030. The third-order valence-corrected chi connectivity index (χ3v) is 5.60. The van der Waals surface area contributed by atoms with Gasteiger partial charge >= 0.3 is 0 Å². The predicted molar refractivity (Wildman–Crippen MR) is 123 cm³/mol. The summed E-state index contributed by atoms with van der Waals surface area (Å²) >= 11 is 0. The zero-order valence-electron chi connectivity index (χ0n) is 19.5. The van der Waals surface area contributed by atoms with Crippen LogP contribution >= 0.6 is 0 Å². The SMILES string of the molecule is Cc1ccc(-n2c(-c3ccc(C)c(C)c3)nnc2C(C)(C)CC(C)(C)C)c(C)c1. The highest BCUT2D eigenvalue weighted by Gasteiger charge is 2.34. The summed E-state index contributed by atoms with van der Waals surface area (Å²) in [4.78, 5) is 0. The van der Waals surface area contributed by atoms with E-state index < -0.39 is 0 Å². The third kappa shape index (κ3) is 4.44. The summed E-state index contributed by atoms with van der Waals surface area (Å²) in [5.74, 6) is 1.93. The quantitative estimate of drug-likeness (QED) is 0.487. The molecule has 0 atom stereocenters. The first-order valence-corrected chi connectivity index (χ1v) is 10.5. The van der Waals surface area contributed by atoms with Crippen molar-refractivity contribution in [2.24, 2.45) is 5.41 Å². The van der Waals surface area contributed by atoms with Crippen LogP contribution in [0.3, 0.4) is 0 Å². The van der Waals surface area contributed by atoms with Crippen LogP contribution in [0.25, 0.3) is 17.1 Å². The van der Waals surface area contributed by atoms with Crippen LogP contribution in [0.5, 0.6) is 0 Å². The fourth-order valence-corrected chi connectivity index (χ4v) is 4.48. The normalized spacial score (nSPS) is 12.4. The molecule has 0 spiro atoms. The Morgan fingerprint density at radius 2 is 1.45 bits per heavy atom. The molecule has 0 aliphatic carbocycles. The number of aryl methyl sites for hydroxylation is 4. The molecule has 0 bridgehead atoms. The van der Waals surface area contributed by atoms with Crippen molar-refractivity contribution in [3.8, 4) is 17.1 Å². The van der Waals surface area contributed by atoms with Crippen molar-refractivity contribution in [1.29, 1.82) is 0 Å². The Balaban J connectivity index is 2.28. The van der Waals surface area contributed by atoms with E-state index in [4.69, 9.17) is 10.2 Å². The second kappa shape index (κ2) is 7.44. The fraction of sp³-hybridized carbons (Fsp3) is 0.462. The van der Waals surface area contributed by atoms with Crippen molar-refractivity contribution < 1.29 is 0 Å². The molecule has 0 fully saturated rings. The summed E-state index contributed by atoms with van der Waals surface area (Å²) in [5, 5.41) is 9.46. The number of aromatic nitrogens is 3. The molecule has 3 aromatic rings. The number of hydrogen-bond acceptors (Lipinski definition) is 2. The number of benzene rings is 2.